The summed E-state index contributed by atoms with van der Waals surface area (Å²) in [5.74, 6) is -0.0272. The van der Waals surface area contributed by atoms with Crippen LogP contribution in [0.3, 0.4) is 0 Å². The Morgan fingerprint density at radius 3 is 2.00 bits per heavy atom. The van der Waals surface area contributed by atoms with Crippen LogP contribution in [-0.4, -0.2) is 5.78 Å². The normalized spacial score (nSPS) is 11.5. The van der Waals surface area contributed by atoms with Gasteiger partial charge in [0.1, 0.15) is 0 Å². The van der Waals surface area contributed by atoms with Crippen molar-refractivity contribution in [3.8, 4) is 0 Å². The Labute approximate surface area is 154 Å². The molecule has 3 aromatic carbocycles. The van der Waals surface area contributed by atoms with Crippen LogP contribution in [0.4, 0.5) is 0 Å². The number of allylic oxidation sites excluding steroid dienone is 2. The first-order valence-electron chi connectivity index (χ1n) is 8.63. The minimum absolute atomic E-state index is 0.0272. The highest BCUT2D eigenvalue weighted by Gasteiger charge is 2.08. The van der Waals surface area contributed by atoms with Crippen LogP contribution in [-0.2, 0) is 11.3 Å². The first-order valence-corrected chi connectivity index (χ1v) is 8.63. The van der Waals surface area contributed by atoms with Crippen molar-refractivity contribution in [1.29, 1.82) is 0 Å². The van der Waals surface area contributed by atoms with Crippen LogP contribution in [0.2, 0.25) is 0 Å². The van der Waals surface area contributed by atoms with Gasteiger partial charge in [0, 0.05) is 18.3 Å². The average molecular weight is 339 g/mol. The van der Waals surface area contributed by atoms with Crippen LogP contribution in [0.25, 0.3) is 11.6 Å². The lowest BCUT2D eigenvalue weighted by molar-refractivity contribution is -0.109. The number of ketones is 1. The summed E-state index contributed by atoms with van der Waals surface area (Å²) in [5, 5.41) is 3.26. The zero-order valence-corrected chi connectivity index (χ0v) is 14.5. The van der Waals surface area contributed by atoms with E-state index in [0.717, 1.165) is 11.1 Å². The third-order valence-electron chi connectivity index (χ3n) is 3.97. The third-order valence-corrected chi connectivity index (χ3v) is 3.97. The first kappa shape index (κ1) is 17.4. The van der Waals surface area contributed by atoms with Crippen molar-refractivity contribution in [1.82, 2.24) is 5.32 Å². The lowest BCUT2D eigenvalue weighted by Crippen LogP contribution is -2.09. The molecule has 3 rings (SSSR count). The molecule has 0 spiro atoms. The van der Waals surface area contributed by atoms with Crippen LogP contribution >= 0.6 is 0 Å². The zero-order chi connectivity index (χ0) is 18.0. The van der Waals surface area contributed by atoms with Crippen molar-refractivity contribution in [2.75, 3.05) is 0 Å². The molecular formula is C24H21NO. The number of rotatable bonds is 7. The summed E-state index contributed by atoms with van der Waals surface area (Å²) in [6.07, 6.45) is 5.27. The van der Waals surface area contributed by atoms with Crippen molar-refractivity contribution >= 4 is 17.4 Å². The van der Waals surface area contributed by atoms with Crippen molar-refractivity contribution in [3.63, 3.8) is 0 Å². The summed E-state index contributed by atoms with van der Waals surface area (Å²) < 4.78 is 0. The Morgan fingerprint density at radius 1 is 0.769 bits per heavy atom. The topological polar surface area (TPSA) is 29.1 Å². The Bertz CT molecular complexity index is 881. The molecule has 0 aliphatic heterocycles. The van der Waals surface area contributed by atoms with Crippen molar-refractivity contribution in [2.24, 2.45) is 0 Å². The smallest absolute Gasteiger partial charge is 0.187 e. The van der Waals surface area contributed by atoms with Crippen LogP contribution in [0, 0.1) is 0 Å². The second-order valence-corrected chi connectivity index (χ2v) is 5.90. The molecule has 1 N–H and O–H groups in total. The molecule has 0 bridgehead atoms. The quantitative estimate of drug-likeness (QED) is 0.607. The van der Waals surface area contributed by atoms with Gasteiger partial charge in [0.05, 0.1) is 0 Å². The molecule has 2 heteroatoms. The van der Waals surface area contributed by atoms with Gasteiger partial charge in [0.25, 0.3) is 0 Å². The lowest BCUT2D eigenvalue weighted by Gasteiger charge is -2.07. The van der Waals surface area contributed by atoms with E-state index in [0.29, 0.717) is 12.1 Å². The molecule has 0 amide bonds. The molecular weight excluding hydrogens is 318 g/mol. The molecule has 0 unspecified atom stereocenters. The number of carbonyl (C=O) groups excluding carboxylic acids is 1. The molecule has 0 radical (unpaired) electrons. The minimum atomic E-state index is -0.0272. The van der Waals surface area contributed by atoms with Gasteiger partial charge in [0.2, 0.25) is 0 Å². The summed E-state index contributed by atoms with van der Waals surface area (Å²) in [5.41, 5.74) is 3.72. The fourth-order valence-corrected chi connectivity index (χ4v) is 2.61. The molecule has 0 aliphatic rings. The molecule has 0 atom stereocenters. The zero-order valence-electron chi connectivity index (χ0n) is 14.5. The predicted molar refractivity (Wildman–Crippen MR) is 108 cm³/mol. The highest BCUT2D eigenvalue weighted by molar-refractivity contribution is 6.27. The largest absolute Gasteiger partial charge is 0.386 e. The van der Waals surface area contributed by atoms with E-state index in [2.05, 4.69) is 17.4 Å². The van der Waals surface area contributed by atoms with E-state index >= 15 is 0 Å². The summed E-state index contributed by atoms with van der Waals surface area (Å²) in [6, 6.07) is 29.7. The maximum Gasteiger partial charge on any atom is 0.187 e. The standard InChI is InChI=1S/C24H21NO/c26-24(17-16-20-10-4-1-5-11-20)23(22-14-8-3-9-15-22)19-25-18-21-12-6-2-7-13-21/h1-17,19,25H,18H2/b17-16+,23-19+. The van der Waals surface area contributed by atoms with E-state index in [1.165, 1.54) is 5.56 Å². The Morgan fingerprint density at radius 2 is 1.35 bits per heavy atom. The number of nitrogens with one attached hydrogen (secondary N) is 1. The Kier molecular flexibility index (Phi) is 6.16. The highest BCUT2D eigenvalue weighted by Crippen LogP contribution is 2.16. The van der Waals surface area contributed by atoms with E-state index in [-0.39, 0.29) is 5.78 Å². The Hall–Kier alpha value is -3.39. The molecule has 0 saturated carbocycles. The van der Waals surface area contributed by atoms with Gasteiger partial charge in [-0.25, -0.2) is 0 Å². The monoisotopic (exact) mass is 339 g/mol. The summed E-state index contributed by atoms with van der Waals surface area (Å²) in [6.45, 7) is 0.673. The van der Waals surface area contributed by atoms with E-state index in [4.69, 9.17) is 0 Å². The van der Waals surface area contributed by atoms with Crippen molar-refractivity contribution in [3.05, 3.63) is 120 Å². The molecule has 2 nitrogen and oxygen atoms in total. The molecule has 26 heavy (non-hydrogen) atoms. The Balaban J connectivity index is 1.78. The predicted octanol–water partition coefficient (Wildman–Crippen LogP) is 5.10. The lowest BCUT2D eigenvalue weighted by atomic mass is 10.0. The van der Waals surface area contributed by atoms with Crippen molar-refractivity contribution < 1.29 is 4.79 Å². The summed E-state index contributed by atoms with van der Waals surface area (Å²) in [7, 11) is 0. The SMILES string of the molecule is O=C(/C=C/c1ccccc1)/C(=C/NCc1ccccc1)c1ccccc1. The first-order chi connectivity index (χ1) is 12.8. The summed E-state index contributed by atoms with van der Waals surface area (Å²) in [4.78, 5) is 12.8. The average Bonchev–Trinajstić information content (AvgIpc) is 2.72. The van der Waals surface area contributed by atoms with Gasteiger partial charge in [-0.3, -0.25) is 4.79 Å². The van der Waals surface area contributed by atoms with Gasteiger partial charge in [-0.1, -0.05) is 97.1 Å². The van der Waals surface area contributed by atoms with Gasteiger partial charge in [-0.05, 0) is 22.8 Å². The van der Waals surface area contributed by atoms with Gasteiger partial charge in [-0.2, -0.15) is 0 Å². The molecule has 3 aromatic rings. The fourth-order valence-electron chi connectivity index (χ4n) is 2.61. The van der Waals surface area contributed by atoms with E-state index in [9.17, 15) is 4.79 Å². The summed E-state index contributed by atoms with van der Waals surface area (Å²) >= 11 is 0. The maximum absolute atomic E-state index is 12.8. The molecule has 0 saturated heterocycles. The molecule has 0 heterocycles. The van der Waals surface area contributed by atoms with Gasteiger partial charge in [-0.15, -0.1) is 0 Å². The number of benzene rings is 3. The van der Waals surface area contributed by atoms with Gasteiger partial charge < -0.3 is 5.32 Å². The van der Waals surface area contributed by atoms with E-state index in [1.54, 1.807) is 12.3 Å². The van der Waals surface area contributed by atoms with Crippen molar-refractivity contribution in [2.45, 2.75) is 6.54 Å². The molecule has 0 aromatic heterocycles. The number of hydrogen-bond acceptors (Lipinski definition) is 2. The second kappa shape index (κ2) is 9.19. The van der Waals surface area contributed by atoms with Crippen LogP contribution in [0.5, 0.6) is 0 Å². The molecule has 0 fully saturated rings. The maximum atomic E-state index is 12.8. The van der Waals surface area contributed by atoms with Crippen LogP contribution in [0.15, 0.2) is 103 Å². The van der Waals surface area contributed by atoms with E-state index < -0.39 is 0 Å². The molecule has 0 aliphatic carbocycles. The van der Waals surface area contributed by atoms with Crippen LogP contribution < -0.4 is 5.32 Å². The second-order valence-electron chi connectivity index (χ2n) is 5.90. The highest BCUT2D eigenvalue weighted by atomic mass is 16.1. The number of carbonyl (C=O) groups is 1. The minimum Gasteiger partial charge on any atom is -0.386 e. The third kappa shape index (κ3) is 5.05. The van der Waals surface area contributed by atoms with Gasteiger partial charge in [0.15, 0.2) is 5.78 Å². The molecule has 128 valence electrons. The fraction of sp³-hybridized carbons (Fsp3) is 0.0417. The van der Waals surface area contributed by atoms with E-state index in [1.807, 2.05) is 84.9 Å². The van der Waals surface area contributed by atoms with Crippen LogP contribution in [0.1, 0.15) is 16.7 Å². The number of hydrogen-bond donors (Lipinski definition) is 1. The van der Waals surface area contributed by atoms with Gasteiger partial charge >= 0.3 is 0 Å².